The Labute approximate surface area is 80.5 Å². The van der Waals surface area contributed by atoms with Crippen LogP contribution in [0, 0.1) is 11.3 Å². The smallest absolute Gasteiger partial charge is 0.550 e. The van der Waals surface area contributed by atoms with Crippen LogP contribution >= 0.6 is 0 Å². The van der Waals surface area contributed by atoms with Crippen LogP contribution in [0.25, 0.3) is 0 Å². The molecule has 0 aliphatic heterocycles. The van der Waals surface area contributed by atoms with Crippen molar-refractivity contribution in [2.45, 2.75) is 34.1 Å². The monoisotopic (exact) mass is 150 g/mol. The van der Waals surface area contributed by atoms with E-state index in [1.807, 2.05) is 27.7 Å². The molecule has 0 aliphatic carbocycles. The first-order chi connectivity index (χ1) is 4.39. The topological polar surface area (TPSA) is 40.1 Å². The largest absolute Gasteiger partial charge is 1.00 e. The molecule has 11 heavy (non-hydrogen) atoms. The summed E-state index contributed by atoms with van der Waals surface area (Å²) in [6.07, 6.45) is 0.645. The third-order valence-corrected chi connectivity index (χ3v) is 1.74. The Hall–Kier alpha value is 0.0674. The Morgan fingerprint density at radius 2 is 1.82 bits per heavy atom. The van der Waals surface area contributed by atoms with Crippen molar-refractivity contribution in [3.8, 4) is 0 Å². The van der Waals surface area contributed by atoms with Crippen LogP contribution in [0.3, 0.4) is 0 Å². The predicted molar refractivity (Wildman–Crippen MR) is 38.2 cm³/mol. The molecule has 2 nitrogen and oxygen atoms in total. The maximum atomic E-state index is 10.5. The average molecular weight is 150 g/mol. The molecule has 0 spiro atoms. The second-order valence-corrected chi connectivity index (χ2v) is 3.65. The van der Waals surface area contributed by atoms with Crippen molar-refractivity contribution in [2.75, 3.05) is 0 Å². The van der Waals surface area contributed by atoms with Crippen molar-refractivity contribution in [1.29, 1.82) is 0 Å². The van der Waals surface area contributed by atoms with Gasteiger partial charge in [-0.15, -0.1) is 0 Å². The zero-order valence-corrected chi connectivity index (χ0v) is 8.10. The normalized spacial score (nSPS) is 13.5. The van der Waals surface area contributed by atoms with Crippen LogP contribution in [-0.4, -0.2) is 5.97 Å². The fourth-order valence-corrected chi connectivity index (χ4v) is 1.13. The van der Waals surface area contributed by atoms with E-state index in [1.54, 1.807) is 0 Å². The van der Waals surface area contributed by atoms with E-state index in [4.69, 9.17) is 0 Å². The fraction of sp³-hybridized carbons (Fsp3) is 0.875. The van der Waals surface area contributed by atoms with Crippen LogP contribution in [0.1, 0.15) is 34.1 Å². The van der Waals surface area contributed by atoms with Gasteiger partial charge in [0, 0.05) is 11.9 Å². The van der Waals surface area contributed by atoms with Crippen molar-refractivity contribution in [3.05, 3.63) is 0 Å². The zero-order valence-electron chi connectivity index (χ0n) is 8.10. The van der Waals surface area contributed by atoms with Crippen LogP contribution in [0.5, 0.6) is 0 Å². The molecule has 0 heterocycles. The van der Waals surface area contributed by atoms with E-state index >= 15 is 0 Å². The SMILES string of the molecule is CCC(C(=O)[O-])C(C)(C)C.[Li+]. The van der Waals surface area contributed by atoms with Crippen LogP contribution in [0.15, 0.2) is 0 Å². The molecule has 0 amide bonds. The average Bonchev–Trinajstić information content (AvgIpc) is 1.60. The number of carboxylic acid groups (broad SMARTS) is 1. The van der Waals surface area contributed by atoms with E-state index in [0.29, 0.717) is 6.42 Å². The van der Waals surface area contributed by atoms with Crippen LogP contribution in [-0.2, 0) is 4.79 Å². The van der Waals surface area contributed by atoms with Gasteiger partial charge in [0.25, 0.3) is 0 Å². The first-order valence-electron chi connectivity index (χ1n) is 3.60. The fourth-order valence-electron chi connectivity index (χ4n) is 1.13. The molecular weight excluding hydrogens is 135 g/mol. The number of hydrogen-bond acceptors (Lipinski definition) is 2. The van der Waals surface area contributed by atoms with Gasteiger partial charge in [0.2, 0.25) is 0 Å². The van der Waals surface area contributed by atoms with Gasteiger partial charge in [-0.1, -0.05) is 27.7 Å². The summed E-state index contributed by atoms with van der Waals surface area (Å²) < 4.78 is 0. The van der Waals surface area contributed by atoms with Crippen molar-refractivity contribution >= 4 is 5.97 Å². The molecule has 0 aromatic rings. The van der Waals surface area contributed by atoms with Crippen molar-refractivity contribution in [2.24, 2.45) is 11.3 Å². The summed E-state index contributed by atoms with van der Waals surface area (Å²) in [4.78, 5) is 10.5. The summed E-state index contributed by atoms with van der Waals surface area (Å²) in [5, 5.41) is 10.5. The minimum atomic E-state index is -0.935. The minimum absolute atomic E-state index is 0. The van der Waals surface area contributed by atoms with Gasteiger partial charge < -0.3 is 9.90 Å². The molecule has 1 unspecified atom stereocenters. The Balaban J connectivity index is 0. The van der Waals surface area contributed by atoms with E-state index in [1.165, 1.54) is 0 Å². The van der Waals surface area contributed by atoms with Gasteiger partial charge in [0.15, 0.2) is 0 Å². The van der Waals surface area contributed by atoms with Crippen LogP contribution < -0.4 is 24.0 Å². The Bertz CT molecular complexity index is 127. The molecule has 0 N–H and O–H groups in total. The second kappa shape index (κ2) is 4.85. The zero-order chi connectivity index (χ0) is 8.36. The number of carbonyl (C=O) groups excluding carboxylic acids is 1. The minimum Gasteiger partial charge on any atom is -0.550 e. The predicted octanol–water partition coefficient (Wildman–Crippen LogP) is -2.19. The molecule has 0 saturated heterocycles. The van der Waals surface area contributed by atoms with Gasteiger partial charge in [-0.2, -0.15) is 0 Å². The van der Waals surface area contributed by atoms with Crippen molar-refractivity contribution in [3.63, 3.8) is 0 Å². The Morgan fingerprint density at radius 3 is 1.82 bits per heavy atom. The molecule has 3 heteroatoms. The molecule has 0 fully saturated rings. The molecule has 0 bridgehead atoms. The number of carboxylic acids is 1. The van der Waals surface area contributed by atoms with Crippen LogP contribution in [0.2, 0.25) is 0 Å². The molecule has 60 valence electrons. The van der Waals surface area contributed by atoms with Crippen molar-refractivity contribution in [1.82, 2.24) is 0 Å². The molecule has 0 aromatic heterocycles. The van der Waals surface area contributed by atoms with E-state index in [9.17, 15) is 9.90 Å². The summed E-state index contributed by atoms with van der Waals surface area (Å²) in [7, 11) is 0. The molecular formula is C8H15LiO2. The van der Waals surface area contributed by atoms with Gasteiger partial charge in [-0.3, -0.25) is 0 Å². The molecule has 0 saturated carbocycles. The number of carbonyl (C=O) groups is 1. The molecule has 0 aliphatic rings. The van der Waals surface area contributed by atoms with Gasteiger partial charge in [0.1, 0.15) is 0 Å². The molecule has 0 radical (unpaired) electrons. The van der Waals surface area contributed by atoms with Crippen LogP contribution in [0.4, 0.5) is 0 Å². The number of aliphatic carboxylic acids is 1. The third-order valence-electron chi connectivity index (χ3n) is 1.74. The Morgan fingerprint density at radius 1 is 1.45 bits per heavy atom. The van der Waals surface area contributed by atoms with E-state index in [-0.39, 0.29) is 30.2 Å². The first-order valence-corrected chi connectivity index (χ1v) is 3.60. The summed E-state index contributed by atoms with van der Waals surface area (Å²) in [6, 6.07) is 0. The van der Waals surface area contributed by atoms with E-state index < -0.39 is 5.97 Å². The van der Waals surface area contributed by atoms with E-state index in [2.05, 4.69) is 0 Å². The first kappa shape index (κ1) is 13.6. The maximum Gasteiger partial charge on any atom is 1.00 e. The van der Waals surface area contributed by atoms with Gasteiger partial charge >= 0.3 is 18.9 Å². The van der Waals surface area contributed by atoms with Gasteiger partial charge in [0.05, 0.1) is 0 Å². The second-order valence-electron chi connectivity index (χ2n) is 3.65. The standard InChI is InChI=1S/C8H16O2.Li/c1-5-6(7(9)10)8(2,3)4;/h6H,5H2,1-4H3,(H,9,10);/q;+1/p-1. The molecule has 0 aromatic carbocycles. The van der Waals surface area contributed by atoms with Gasteiger partial charge in [-0.25, -0.2) is 0 Å². The summed E-state index contributed by atoms with van der Waals surface area (Å²) >= 11 is 0. The summed E-state index contributed by atoms with van der Waals surface area (Å²) in [5.74, 6) is -1.26. The summed E-state index contributed by atoms with van der Waals surface area (Å²) in [6.45, 7) is 7.61. The van der Waals surface area contributed by atoms with Crippen molar-refractivity contribution < 1.29 is 28.8 Å². The molecule has 0 rings (SSSR count). The number of hydrogen-bond donors (Lipinski definition) is 0. The maximum absolute atomic E-state index is 10.5. The number of rotatable bonds is 2. The Kier molecular flexibility index (Phi) is 6.01. The molecule has 1 atom stereocenters. The quantitative estimate of drug-likeness (QED) is 0.420. The van der Waals surface area contributed by atoms with Gasteiger partial charge in [-0.05, 0) is 11.8 Å². The van der Waals surface area contributed by atoms with E-state index in [0.717, 1.165) is 0 Å². The third kappa shape index (κ3) is 4.50. The summed E-state index contributed by atoms with van der Waals surface area (Å²) in [5.41, 5.74) is -0.173.